The largest absolute Gasteiger partial charge is 0.490 e. The van der Waals surface area contributed by atoms with E-state index in [-0.39, 0.29) is 11.9 Å². The third-order valence-electron chi connectivity index (χ3n) is 3.84. The summed E-state index contributed by atoms with van der Waals surface area (Å²) in [6, 6.07) is 13.5. The average molecular weight is 285 g/mol. The van der Waals surface area contributed by atoms with Crippen molar-refractivity contribution in [3.63, 3.8) is 0 Å². The first kappa shape index (κ1) is 14.1. The van der Waals surface area contributed by atoms with Crippen LogP contribution in [-0.4, -0.2) is 13.2 Å². The summed E-state index contributed by atoms with van der Waals surface area (Å²) in [4.78, 5) is 0. The zero-order chi connectivity index (χ0) is 14.8. The Morgan fingerprint density at radius 2 is 1.76 bits per heavy atom. The van der Waals surface area contributed by atoms with Crippen LogP contribution in [0.4, 0.5) is 4.39 Å². The molecule has 21 heavy (non-hydrogen) atoms. The molecule has 0 bridgehead atoms. The molecule has 1 saturated carbocycles. The van der Waals surface area contributed by atoms with Gasteiger partial charge in [0, 0.05) is 0 Å². The first-order valence-electron chi connectivity index (χ1n) is 7.37. The van der Waals surface area contributed by atoms with Gasteiger partial charge in [-0.1, -0.05) is 24.3 Å². The summed E-state index contributed by atoms with van der Waals surface area (Å²) in [6.45, 7) is 1.79. The van der Waals surface area contributed by atoms with E-state index in [9.17, 15) is 4.39 Å². The van der Waals surface area contributed by atoms with Gasteiger partial charge in [-0.25, -0.2) is 4.39 Å². The minimum Gasteiger partial charge on any atom is -0.490 e. The van der Waals surface area contributed by atoms with Crippen LogP contribution in [0, 0.1) is 12.7 Å². The fraction of sp³-hybridized carbons (Fsp3) is 0.333. The summed E-state index contributed by atoms with van der Waals surface area (Å²) in [6.07, 6.45) is 2.74. The number of halogens is 1. The monoisotopic (exact) mass is 285 g/mol. The Hall–Kier alpha value is -1.87. The lowest BCUT2D eigenvalue weighted by Crippen LogP contribution is -2.17. The number of benzene rings is 2. The number of hydrogen-bond donors (Lipinski definition) is 1. The van der Waals surface area contributed by atoms with Gasteiger partial charge in [-0.2, -0.15) is 0 Å². The Bertz CT molecular complexity index is 620. The molecule has 1 unspecified atom stereocenters. The van der Waals surface area contributed by atoms with Crippen molar-refractivity contribution >= 4 is 0 Å². The maximum Gasteiger partial charge on any atom is 0.126 e. The maximum atomic E-state index is 13.4. The minimum atomic E-state index is -0.165. The van der Waals surface area contributed by atoms with Crippen LogP contribution in [0.2, 0.25) is 0 Å². The van der Waals surface area contributed by atoms with E-state index < -0.39 is 0 Å². The molecule has 110 valence electrons. The van der Waals surface area contributed by atoms with Crippen molar-refractivity contribution < 1.29 is 9.13 Å². The van der Waals surface area contributed by atoms with Gasteiger partial charge in [0.15, 0.2) is 0 Å². The molecule has 1 N–H and O–H groups in total. The third kappa shape index (κ3) is 3.24. The second-order valence-electron chi connectivity index (χ2n) is 5.62. The minimum absolute atomic E-state index is 0.0549. The highest BCUT2D eigenvalue weighted by Gasteiger charge is 2.23. The number of ether oxygens (including phenoxy) is 1. The highest BCUT2D eigenvalue weighted by atomic mass is 19.1. The Morgan fingerprint density at radius 3 is 2.33 bits per heavy atom. The van der Waals surface area contributed by atoms with Crippen molar-refractivity contribution in [2.75, 3.05) is 7.05 Å². The molecule has 0 radical (unpaired) electrons. The highest BCUT2D eigenvalue weighted by Crippen LogP contribution is 2.29. The molecular weight excluding hydrogens is 265 g/mol. The molecule has 0 saturated heterocycles. The second kappa shape index (κ2) is 5.86. The Kier molecular flexibility index (Phi) is 3.93. The molecule has 1 aliphatic carbocycles. The summed E-state index contributed by atoms with van der Waals surface area (Å²) >= 11 is 0. The average Bonchev–Trinajstić information content (AvgIpc) is 3.29. The fourth-order valence-electron chi connectivity index (χ4n) is 2.49. The van der Waals surface area contributed by atoms with Crippen molar-refractivity contribution in [3.8, 4) is 5.75 Å². The molecule has 3 rings (SSSR count). The van der Waals surface area contributed by atoms with Crippen LogP contribution in [-0.2, 0) is 0 Å². The van der Waals surface area contributed by atoms with E-state index in [0.717, 1.165) is 29.7 Å². The maximum absolute atomic E-state index is 13.4. The summed E-state index contributed by atoms with van der Waals surface area (Å²) in [5.74, 6) is 0.758. The predicted octanol–water partition coefficient (Wildman–Crippen LogP) is 3.98. The van der Waals surface area contributed by atoms with E-state index in [1.807, 2.05) is 31.3 Å². The smallest absolute Gasteiger partial charge is 0.126 e. The predicted molar refractivity (Wildman–Crippen MR) is 82.1 cm³/mol. The lowest BCUT2D eigenvalue weighted by Gasteiger charge is -2.18. The zero-order valence-electron chi connectivity index (χ0n) is 12.4. The molecule has 2 aromatic carbocycles. The van der Waals surface area contributed by atoms with Gasteiger partial charge in [-0.15, -0.1) is 0 Å². The van der Waals surface area contributed by atoms with Gasteiger partial charge < -0.3 is 10.1 Å². The van der Waals surface area contributed by atoms with E-state index in [0.29, 0.717) is 11.7 Å². The quantitative estimate of drug-likeness (QED) is 0.897. The summed E-state index contributed by atoms with van der Waals surface area (Å²) in [7, 11) is 1.91. The van der Waals surface area contributed by atoms with Gasteiger partial charge in [0.05, 0.1) is 12.1 Å². The van der Waals surface area contributed by atoms with Crippen LogP contribution in [0.25, 0.3) is 0 Å². The summed E-state index contributed by atoms with van der Waals surface area (Å²) in [5.41, 5.74) is 2.88. The number of hydrogen-bond acceptors (Lipinski definition) is 2. The molecule has 1 atom stereocenters. The molecule has 2 aromatic rings. The first-order chi connectivity index (χ1) is 10.2. The second-order valence-corrected chi connectivity index (χ2v) is 5.62. The molecule has 0 spiro atoms. The van der Waals surface area contributed by atoms with E-state index in [4.69, 9.17) is 4.74 Å². The van der Waals surface area contributed by atoms with E-state index >= 15 is 0 Å². The third-order valence-corrected chi connectivity index (χ3v) is 3.84. The van der Waals surface area contributed by atoms with Gasteiger partial charge in [0.25, 0.3) is 0 Å². The first-order valence-corrected chi connectivity index (χ1v) is 7.37. The Labute approximate surface area is 125 Å². The van der Waals surface area contributed by atoms with Gasteiger partial charge in [0.2, 0.25) is 0 Å². The molecule has 0 amide bonds. The summed E-state index contributed by atoms with van der Waals surface area (Å²) < 4.78 is 19.2. The molecule has 3 heteroatoms. The van der Waals surface area contributed by atoms with Crippen LogP contribution in [0.3, 0.4) is 0 Å². The lowest BCUT2D eigenvalue weighted by atomic mass is 9.97. The van der Waals surface area contributed by atoms with Crippen LogP contribution in [0.5, 0.6) is 5.75 Å². The van der Waals surface area contributed by atoms with Crippen molar-refractivity contribution in [3.05, 3.63) is 65.0 Å². The molecule has 0 aliphatic heterocycles. The van der Waals surface area contributed by atoms with Gasteiger partial charge in [-0.3, -0.25) is 0 Å². The molecule has 0 heterocycles. The number of aryl methyl sites for hydroxylation is 1. The summed E-state index contributed by atoms with van der Waals surface area (Å²) in [5, 5.41) is 3.29. The Morgan fingerprint density at radius 1 is 1.10 bits per heavy atom. The standard InChI is InChI=1S/C18H20FNO/c1-12-11-14(5-10-17(12)19)18(20-2)13-3-6-15(7-4-13)21-16-8-9-16/h3-7,10-11,16,18,20H,8-9H2,1-2H3. The van der Waals surface area contributed by atoms with Crippen LogP contribution in [0.15, 0.2) is 42.5 Å². The molecule has 1 fully saturated rings. The lowest BCUT2D eigenvalue weighted by molar-refractivity contribution is 0.303. The van der Waals surface area contributed by atoms with E-state index in [2.05, 4.69) is 17.4 Å². The molecule has 2 nitrogen and oxygen atoms in total. The van der Waals surface area contributed by atoms with Gasteiger partial charge >= 0.3 is 0 Å². The normalized spacial score (nSPS) is 15.8. The Balaban J connectivity index is 1.82. The fourth-order valence-corrected chi connectivity index (χ4v) is 2.49. The number of rotatable bonds is 5. The topological polar surface area (TPSA) is 21.3 Å². The van der Waals surface area contributed by atoms with Crippen molar-refractivity contribution in [1.82, 2.24) is 5.32 Å². The van der Waals surface area contributed by atoms with Crippen LogP contribution in [0.1, 0.15) is 35.6 Å². The zero-order valence-corrected chi connectivity index (χ0v) is 12.4. The molecular formula is C18H20FNO. The highest BCUT2D eigenvalue weighted by molar-refractivity contribution is 5.37. The van der Waals surface area contributed by atoms with Crippen molar-refractivity contribution in [1.29, 1.82) is 0 Å². The van der Waals surface area contributed by atoms with Crippen molar-refractivity contribution in [2.45, 2.75) is 31.9 Å². The molecule has 1 aliphatic rings. The van der Waals surface area contributed by atoms with Crippen LogP contribution < -0.4 is 10.1 Å². The van der Waals surface area contributed by atoms with Gasteiger partial charge in [0.1, 0.15) is 11.6 Å². The SMILES string of the molecule is CNC(c1ccc(OC2CC2)cc1)c1ccc(F)c(C)c1. The van der Waals surface area contributed by atoms with Gasteiger partial charge in [-0.05, 0) is 61.7 Å². The van der Waals surface area contributed by atoms with Crippen molar-refractivity contribution in [2.24, 2.45) is 0 Å². The molecule has 0 aromatic heterocycles. The van der Waals surface area contributed by atoms with E-state index in [1.165, 1.54) is 6.07 Å². The number of nitrogens with one attached hydrogen (secondary N) is 1. The van der Waals surface area contributed by atoms with E-state index in [1.54, 1.807) is 6.92 Å². The van der Waals surface area contributed by atoms with Crippen LogP contribution >= 0.6 is 0 Å².